The zero-order valence-corrected chi connectivity index (χ0v) is 50.1. The maximum atomic E-state index is 15.9. The van der Waals surface area contributed by atoms with Crippen LogP contribution in [0.3, 0.4) is 0 Å². The highest BCUT2D eigenvalue weighted by Crippen LogP contribution is 2.62. The third-order valence-corrected chi connectivity index (χ3v) is 20.1. The smallest absolute Gasteiger partial charge is 0.333 e. The highest BCUT2D eigenvalue weighted by molar-refractivity contribution is 7.39. The minimum absolute atomic E-state index is 0.0692. The number of allylic oxidation sites excluding steroid dienone is 8. The summed E-state index contributed by atoms with van der Waals surface area (Å²) in [6, 6.07) is 43.1. The highest BCUT2D eigenvalue weighted by Gasteiger charge is 2.62. The Morgan fingerprint density at radius 2 is 0.688 bits per heavy atom. The van der Waals surface area contributed by atoms with E-state index in [-0.39, 0.29) is 52.6 Å². The van der Waals surface area contributed by atoms with Crippen LogP contribution in [0.5, 0.6) is 0 Å². The fourth-order valence-corrected chi connectivity index (χ4v) is 16.6. The van der Waals surface area contributed by atoms with Crippen molar-refractivity contribution in [3.63, 3.8) is 0 Å². The van der Waals surface area contributed by atoms with E-state index in [1.807, 2.05) is 0 Å². The first-order valence-electron chi connectivity index (χ1n) is 28.0. The molecule has 93 heavy (non-hydrogen) atoms. The van der Waals surface area contributed by atoms with Crippen molar-refractivity contribution in [2.24, 2.45) is 0 Å². The Hall–Kier alpha value is -11.7. The minimum Gasteiger partial charge on any atom is -0.459 e. The van der Waals surface area contributed by atoms with Crippen LogP contribution in [0.1, 0.15) is 75.0 Å². The van der Waals surface area contributed by atoms with Crippen LogP contribution in [-0.4, -0.2) is 35.4 Å². The summed E-state index contributed by atoms with van der Waals surface area (Å²) in [5.41, 5.74) is -9.12. The average Bonchev–Trinajstić information content (AvgIpc) is 1.51. The quantitative estimate of drug-likeness (QED) is 0.0246. The number of carbonyl (C=O) groups is 6. The molecule has 0 atom stereocenters. The molecule has 0 radical (unpaired) electrons. The zero-order valence-electron chi connectivity index (χ0n) is 47.6. The van der Waals surface area contributed by atoms with Crippen molar-refractivity contribution in [1.82, 2.24) is 0 Å². The first-order chi connectivity index (χ1) is 45.1. The maximum Gasteiger partial charge on any atom is 0.333 e. The van der Waals surface area contributed by atoms with Gasteiger partial charge in [0.1, 0.15) is 61.9 Å². The maximum absolute atomic E-state index is 15.9. The largest absolute Gasteiger partial charge is 0.459 e. The lowest BCUT2D eigenvalue weighted by molar-refractivity contribution is -0.166. The van der Waals surface area contributed by atoms with Gasteiger partial charge in [-0.05, 0) is 93.1 Å². The summed E-state index contributed by atoms with van der Waals surface area (Å²) in [6.45, 7) is -1.74. The van der Waals surface area contributed by atoms with Crippen LogP contribution in [0.15, 0.2) is 191 Å². The van der Waals surface area contributed by atoms with Crippen molar-refractivity contribution in [1.29, 1.82) is 21.0 Å². The van der Waals surface area contributed by atoms with Crippen LogP contribution in [0.25, 0.3) is 42.1 Å². The average molecular weight is 1290 g/mol. The van der Waals surface area contributed by atoms with E-state index < -0.39 is 141 Å². The van der Waals surface area contributed by atoms with E-state index in [1.165, 1.54) is 12.2 Å². The van der Waals surface area contributed by atoms with Gasteiger partial charge >= 0.3 is 23.9 Å². The van der Waals surface area contributed by atoms with Crippen molar-refractivity contribution in [2.45, 2.75) is 37.3 Å². The number of halogens is 4. The Kier molecular flexibility index (Phi) is 15.5. The van der Waals surface area contributed by atoms with Crippen LogP contribution < -0.4 is 0 Å². The molecule has 3 heterocycles. The number of Topliss-reactive ketones (excluding diaryl/α,β-unsaturated/α-hetero) is 2. The number of hydrogen-bond donors (Lipinski definition) is 0. The van der Waals surface area contributed by atoms with E-state index in [1.54, 1.807) is 146 Å². The second-order valence-corrected chi connectivity index (χ2v) is 24.5. The Balaban J connectivity index is 1.07. The number of benzene rings is 6. The molecular formula is C72H36F4N4O10S3. The number of fused-ring (bicyclic) bond motifs is 9. The summed E-state index contributed by atoms with van der Waals surface area (Å²) < 4.78 is 86.3. The van der Waals surface area contributed by atoms with Gasteiger partial charge in [-0.1, -0.05) is 121 Å². The molecule has 0 aliphatic heterocycles. The first-order valence-corrected chi connectivity index (χ1v) is 30.4. The number of thiophene rings is 3. The molecule has 13 rings (SSSR count). The molecule has 0 fully saturated rings. The van der Waals surface area contributed by atoms with Crippen molar-refractivity contribution in [3.05, 3.63) is 280 Å². The van der Waals surface area contributed by atoms with Gasteiger partial charge in [0.25, 0.3) is 0 Å². The van der Waals surface area contributed by atoms with Gasteiger partial charge in [-0.2, -0.15) is 21.0 Å². The number of hydrogen-bond acceptors (Lipinski definition) is 17. The lowest BCUT2D eigenvalue weighted by atomic mass is 9.76. The Labute approximate surface area is 536 Å². The Bertz CT molecular complexity index is 4740. The third kappa shape index (κ3) is 9.78. The third-order valence-electron chi connectivity index (χ3n) is 16.2. The second kappa shape index (κ2) is 23.9. The number of esters is 4. The molecule has 0 N–H and O–H groups in total. The van der Waals surface area contributed by atoms with Gasteiger partial charge in [-0.15, -0.1) is 34.0 Å². The molecule has 0 saturated heterocycles. The lowest BCUT2D eigenvalue weighted by Gasteiger charge is -2.29. The zero-order chi connectivity index (χ0) is 65.0. The Morgan fingerprint density at radius 3 is 0.968 bits per heavy atom. The number of nitriles is 4. The van der Waals surface area contributed by atoms with E-state index in [9.17, 15) is 30.6 Å². The number of rotatable bonds is 14. The monoisotopic (exact) mass is 1290 g/mol. The van der Waals surface area contributed by atoms with E-state index in [2.05, 4.69) is 0 Å². The van der Waals surface area contributed by atoms with Crippen molar-refractivity contribution < 1.29 is 65.3 Å². The fourth-order valence-electron chi connectivity index (χ4n) is 11.9. The molecular weight excluding hydrogens is 1250 g/mol. The van der Waals surface area contributed by atoms with Gasteiger partial charge in [0.15, 0.2) is 34.8 Å². The van der Waals surface area contributed by atoms with Crippen molar-refractivity contribution in [2.75, 3.05) is 0 Å². The molecule has 21 heteroatoms. The molecule has 4 aliphatic rings. The molecule has 0 bridgehead atoms. The number of carbonyl (C=O) groups excluding carboxylic acids is 6. The van der Waals surface area contributed by atoms with Crippen LogP contribution >= 0.6 is 34.0 Å². The molecule has 0 saturated carbocycles. The van der Waals surface area contributed by atoms with E-state index >= 15 is 36.7 Å². The summed E-state index contributed by atoms with van der Waals surface area (Å²) >= 11 is 2.99. The molecule has 4 aliphatic carbocycles. The predicted molar refractivity (Wildman–Crippen MR) is 333 cm³/mol. The summed E-state index contributed by atoms with van der Waals surface area (Å²) in [4.78, 5) is 93.6. The van der Waals surface area contributed by atoms with Gasteiger partial charge in [0.2, 0.25) is 10.8 Å². The van der Waals surface area contributed by atoms with Gasteiger partial charge in [-0.25, -0.2) is 17.6 Å². The fraction of sp³-hybridized carbons (Fsp3) is 0.0833. The molecule has 9 aromatic rings. The molecule has 3 aromatic heterocycles. The molecule has 0 amide bonds. The van der Waals surface area contributed by atoms with E-state index in [0.29, 0.717) is 55.9 Å². The lowest BCUT2D eigenvalue weighted by Crippen LogP contribution is -2.46. The number of nitrogens with zero attached hydrogens (tertiary/aromatic N) is 4. The van der Waals surface area contributed by atoms with E-state index in [0.717, 1.165) is 46.2 Å². The Morgan fingerprint density at radius 1 is 0.409 bits per heavy atom. The van der Waals surface area contributed by atoms with Crippen molar-refractivity contribution in [3.8, 4) is 24.3 Å². The molecule has 0 spiro atoms. The summed E-state index contributed by atoms with van der Waals surface area (Å²) in [6.07, 6.45) is 5.00. The topological polar surface area (TPSA) is 234 Å². The first kappa shape index (κ1) is 60.2. The number of ether oxygens (including phenoxy) is 4. The normalized spacial score (nSPS) is 15.3. The summed E-state index contributed by atoms with van der Waals surface area (Å²) in [7, 11) is 0. The van der Waals surface area contributed by atoms with Gasteiger partial charge < -0.3 is 18.9 Å². The molecule has 450 valence electrons. The second-order valence-electron chi connectivity index (χ2n) is 21.4. The summed E-state index contributed by atoms with van der Waals surface area (Å²) in [5, 5.41) is 41.3. The van der Waals surface area contributed by atoms with Crippen LogP contribution in [-0.2, 0) is 75.4 Å². The van der Waals surface area contributed by atoms with Crippen LogP contribution in [0.2, 0.25) is 0 Å². The molecule has 14 nitrogen and oxygen atoms in total. The SMILES string of the molecule is N#CC(C#N)=C1/C(=C/C2=Cc3sc4c(sc5c6c(sc54)C=C(/C=C4/C(=O)c5cc(F)c(F)cc5C4=C(C#N)C#N)C6(C(=O)OCc4ccccc4)C(=O)OCc4ccccc4)c3C2(C(=O)OCc2ccccc2)C(=O)OCc2ccccc2)C(=O)c2cc(F)c(F)cc21. The van der Waals surface area contributed by atoms with E-state index in [4.69, 9.17) is 18.9 Å². The van der Waals surface area contributed by atoms with Crippen LogP contribution in [0.4, 0.5) is 17.6 Å². The minimum atomic E-state index is -2.76. The number of ketones is 2. The van der Waals surface area contributed by atoms with Crippen LogP contribution in [0, 0.1) is 68.6 Å². The molecule has 6 aromatic carbocycles. The standard InChI is InChI=1S/C72H36F4N4O10S3/c73-51-25-45-47(27-53(51)75)61(81)49(57(45)41(29-77)30-78)21-43-23-55-59(71(43,67(83)87-33-37-13-5-1-6-14-37)68(84)88-34-38-15-7-2-8-16-38)63-65(91-55)66-64(93-63)60-56(92-66)24-44(22-50-58(42(31-79)32-80)46-26-52(74)54(76)28-48(46)62(50)82)72(60,69(85)89-35-39-17-9-3-10-18-39)70(86)90-36-40-19-11-4-12-20-40/h1-28H,33-36H2/b49-21-,50-22+. The van der Waals surface area contributed by atoms with Crippen molar-refractivity contribution >= 4 is 112 Å². The van der Waals surface area contributed by atoms with Gasteiger partial charge in [0.05, 0.1) is 18.8 Å². The highest BCUT2D eigenvalue weighted by atomic mass is 32.1. The van der Waals surface area contributed by atoms with Gasteiger partial charge in [0, 0.05) is 54.3 Å². The predicted octanol–water partition coefficient (Wildman–Crippen LogP) is 14.2. The van der Waals surface area contributed by atoms with Gasteiger partial charge in [-0.3, -0.25) is 28.8 Å². The summed E-state index contributed by atoms with van der Waals surface area (Å²) in [5.74, 6) is -12.7. The molecule has 0 unspecified atom stereocenters.